The molecule has 3 aliphatic rings. The van der Waals surface area contributed by atoms with E-state index < -0.39 is 0 Å². The molecule has 2 fully saturated rings. The molecule has 0 atom stereocenters. The third kappa shape index (κ3) is 4.70. The van der Waals surface area contributed by atoms with E-state index in [2.05, 4.69) is 53.5 Å². The van der Waals surface area contributed by atoms with Gasteiger partial charge in [0.05, 0.1) is 6.61 Å². The summed E-state index contributed by atoms with van der Waals surface area (Å²) in [7, 11) is 0. The summed E-state index contributed by atoms with van der Waals surface area (Å²) in [5.41, 5.74) is 6.77. The normalized spacial score (nSPS) is 18.7. The SMILES string of the molecule is Cc1c(OCC2CC2)ccc2c1CCN(Cc1ccc(CNC(=O)C3CC3)cc1)C2. The monoisotopic (exact) mass is 404 g/mol. The quantitative estimate of drug-likeness (QED) is 0.710. The predicted molar refractivity (Wildman–Crippen MR) is 118 cm³/mol. The van der Waals surface area contributed by atoms with Gasteiger partial charge in [-0.2, -0.15) is 0 Å². The molecule has 0 saturated heterocycles. The second kappa shape index (κ2) is 8.43. The van der Waals surface area contributed by atoms with E-state index in [-0.39, 0.29) is 11.8 Å². The Bertz CT molecular complexity index is 913. The van der Waals surface area contributed by atoms with Gasteiger partial charge in [-0.25, -0.2) is 0 Å². The number of carbonyl (C=O) groups excluding carboxylic acids is 1. The molecule has 0 aromatic heterocycles. The van der Waals surface area contributed by atoms with E-state index in [0.29, 0.717) is 6.54 Å². The summed E-state index contributed by atoms with van der Waals surface area (Å²) < 4.78 is 6.07. The lowest BCUT2D eigenvalue weighted by Gasteiger charge is -2.30. The van der Waals surface area contributed by atoms with Gasteiger partial charge in [0.25, 0.3) is 0 Å². The molecule has 2 aliphatic carbocycles. The average molecular weight is 405 g/mol. The topological polar surface area (TPSA) is 41.6 Å². The van der Waals surface area contributed by atoms with Crippen molar-refractivity contribution < 1.29 is 9.53 Å². The Morgan fingerprint density at radius 1 is 1.07 bits per heavy atom. The van der Waals surface area contributed by atoms with Crippen molar-refractivity contribution in [3.63, 3.8) is 0 Å². The highest BCUT2D eigenvalue weighted by Gasteiger charge is 2.29. The first-order chi connectivity index (χ1) is 14.7. The lowest BCUT2D eigenvalue weighted by atomic mass is 9.94. The third-order valence-electron chi connectivity index (χ3n) is 6.73. The molecule has 5 rings (SSSR count). The smallest absolute Gasteiger partial charge is 0.223 e. The summed E-state index contributed by atoms with van der Waals surface area (Å²) >= 11 is 0. The lowest BCUT2D eigenvalue weighted by Crippen LogP contribution is -2.30. The second-order valence-corrected chi connectivity index (χ2v) is 9.35. The van der Waals surface area contributed by atoms with Crippen molar-refractivity contribution in [3.05, 3.63) is 64.2 Å². The van der Waals surface area contributed by atoms with Crippen LogP contribution in [0.3, 0.4) is 0 Å². The van der Waals surface area contributed by atoms with E-state index in [1.807, 2.05) is 0 Å². The van der Waals surface area contributed by atoms with E-state index in [0.717, 1.165) is 57.2 Å². The highest BCUT2D eigenvalue weighted by atomic mass is 16.5. The number of fused-ring (bicyclic) bond motifs is 1. The molecule has 0 bridgehead atoms. The van der Waals surface area contributed by atoms with Gasteiger partial charge in [-0.05, 0) is 78.8 Å². The van der Waals surface area contributed by atoms with Crippen LogP contribution in [0.4, 0.5) is 0 Å². The Hall–Kier alpha value is -2.33. The fourth-order valence-electron chi connectivity index (χ4n) is 4.36. The van der Waals surface area contributed by atoms with E-state index in [1.54, 1.807) is 0 Å². The fourth-order valence-corrected chi connectivity index (χ4v) is 4.36. The summed E-state index contributed by atoms with van der Waals surface area (Å²) in [6, 6.07) is 13.1. The van der Waals surface area contributed by atoms with E-state index >= 15 is 0 Å². The predicted octanol–water partition coefficient (Wildman–Crippen LogP) is 4.37. The van der Waals surface area contributed by atoms with E-state index in [1.165, 1.54) is 40.7 Å². The molecule has 1 aliphatic heterocycles. The molecule has 1 amide bonds. The second-order valence-electron chi connectivity index (χ2n) is 9.35. The van der Waals surface area contributed by atoms with Gasteiger partial charge in [-0.3, -0.25) is 9.69 Å². The van der Waals surface area contributed by atoms with Gasteiger partial charge >= 0.3 is 0 Å². The van der Waals surface area contributed by atoms with Crippen LogP contribution in [0.5, 0.6) is 5.75 Å². The molecule has 1 heterocycles. The molecule has 0 radical (unpaired) electrons. The molecule has 0 spiro atoms. The van der Waals surface area contributed by atoms with Crippen LogP contribution in [0.15, 0.2) is 36.4 Å². The Kier molecular flexibility index (Phi) is 5.51. The Morgan fingerprint density at radius 2 is 1.83 bits per heavy atom. The highest BCUT2D eigenvalue weighted by Crippen LogP contribution is 2.33. The van der Waals surface area contributed by atoms with Crippen molar-refractivity contribution in [1.29, 1.82) is 0 Å². The summed E-state index contributed by atoms with van der Waals surface area (Å²) in [6.45, 7) is 6.78. The molecule has 158 valence electrons. The van der Waals surface area contributed by atoms with Crippen molar-refractivity contribution in [2.24, 2.45) is 11.8 Å². The van der Waals surface area contributed by atoms with Gasteiger partial charge in [0, 0.05) is 32.1 Å². The van der Waals surface area contributed by atoms with Gasteiger partial charge in [0.15, 0.2) is 0 Å². The van der Waals surface area contributed by atoms with E-state index in [4.69, 9.17) is 4.74 Å². The molecule has 0 unspecified atom stereocenters. The van der Waals surface area contributed by atoms with Crippen molar-refractivity contribution in [3.8, 4) is 5.75 Å². The van der Waals surface area contributed by atoms with Gasteiger partial charge in [-0.15, -0.1) is 0 Å². The van der Waals surface area contributed by atoms with Crippen molar-refractivity contribution >= 4 is 5.91 Å². The molecule has 2 saturated carbocycles. The van der Waals surface area contributed by atoms with Crippen LogP contribution in [-0.2, 0) is 30.8 Å². The summed E-state index contributed by atoms with van der Waals surface area (Å²) in [6.07, 6.45) is 5.85. The maximum atomic E-state index is 11.8. The van der Waals surface area contributed by atoms with Crippen LogP contribution in [-0.4, -0.2) is 24.0 Å². The number of carbonyl (C=O) groups is 1. The van der Waals surface area contributed by atoms with Gasteiger partial charge in [0.1, 0.15) is 5.75 Å². The Morgan fingerprint density at radius 3 is 2.57 bits per heavy atom. The van der Waals surface area contributed by atoms with Crippen LogP contribution in [0, 0.1) is 18.8 Å². The van der Waals surface area contributed by atoms with Crippen molar-refractivity contribution in [2.75, 3.05) is 13.2 Å². The third-order valence-corrected chi connectivity index (χ3v) is 6.73. The molecule has 2 aromatic rings. The molecule has 4 nitrogen and oxygen atoms in total. The maximum Gasteiger partial charge on any atom is 0.223 e. The number of hydrogen-bond donors (Lipinski definition) is 1. The van der Waals surface area contributed by atoms with Crippen molar-refractivity contribution in [2.45, 2.75) is 58.7 Å². The minimum Gasteiger partial charge on any atom is -0.493 e. The highest BCUT2D eigenvalue weighted by molar-refractivity contribution is 5.80. The summed E-state index contributed by atoms with van der Waals surface area (Å²) in [4.78, 5) is 14.3. The zero-order valence-electron chi connectivity index (χ0n) is 18.0. The number of ether oxygens (including phenoxy) is 1. The number of benzene rings is 2. The van der Waals surface area contributed by atoms with Gasteiger partial charge in [-0.1, -0.05) is 30.3 Å². The number of amides is 1. The Labute approximate surface area is 179 Å². The van der Waals surface area contributed by atoms with Gasteiger partial charge in [0.2, 0.25) is 5.91 Å². The standard InChI is InChI=1S/C26H32N2O2/c1-18-24-12-13-28(16-23(24)10-11-25(18)30-17-21-6-7-21)15-20-4-2-19(3-5-20)14-27-26(29)22-8-9-22/h2-5,10-11,21-22H,6-9,12-17H2,1H3,(H,27,29). The summed E-state index contributed by atoms with van der Waals surface area (Å²) in [5.74, 6) is 2.36. The summed E-state index contributed by atoms with van der Waals surface area (Å²) in [5, 5.41) is 3.04. The molecule has 4 heteroatoms. The molecule has 1 N–H and O–H groups in total. The first-order valence-corrected chi connectivity index (χ1v) is 11.5. The van der Waals surface area contributed by atoms with E-state index in [9.17, 15) is 4.79 Å². The molecule has 30 heavy (non-hydrogen) atoms. The van der Waals surface area contributed by atoms with Crippen molar-refractivity contribution in [1.82, 2.24) is 10.2 Å². The molecule has 2 aromatic carbocycles. The Balaban J connectivity index is 1.16. The molecular weight excluding hydrogens is 372 g/mol. The first kappa shape index (κ1) is 19.6. The fraction of sp³-hybridized carbons (Fsp3) is 0.500. The van der Waals surface area contributed by atoms with Crippen LogP contribution >= 0.6 is 0 Å². The van der Waals surface area contributed by atoms with Crippen LogP contribution in [0.1, 0.15) is 53.5 Å². The number of rotatable bonds is 8. The first-order valence-electron chi connectivity index (χ1n) is 11.5. The molecular formula is C26H32N2O2. The van der Waals surface area contributed by atoms with Gasteiger partial charge < -0.3 is 10.1 Å². The minimum absolute atomic E-state index is 0.211. The lowest BCUT2D eigenvalue weighted by molar-refractivity contribution is -0.122. The zero-order valence-corrected chi connectivity index (χ0v) is 18.0. The largest absolute Gasteiger partial charge is 0.493 e. The zero-order chi connectivity index (χ0) is 20.5. The van der Waals surface area contributed by atoms with Crippen LogP contribution in [0.2, 0.25) is 0 Å². The average Bonchev–Trinajstić information content (AvgIpc) is 3.66. The minimum atomic E-state index is 0.211. The number of hydrogen-bond acceptors (Lipinski definition) is 3. The number of nitrogens with zero attached hydrogens (tertiary/aromatic N) is 1. The van der Waals surface area contributed by atoms with Crippen LogP contribution in [0.25, 0.3) is 0 Å². The van der Waals surface area contributed by atoms with Crippen LogP contribution < -0.4 is 10.1 Å². The maximum absolute atomic E-state index is 11.8. The number of nitrogens with one attached hydrogen (secondary N) is 1.